The Morgan fingerprint density at radius 2 is 1.61 bits per heavy atom. The van der Waals surface area contributed by atoms with Gasteiger partial charge in [-0.2, -0.15) is 0 Å². The predicted molar refractivity (Wildman–Crippen MR) is 136 cm³/mol. The van der Waals surface area contributed by atoms with Gasteiger partial charge in [-0.3, -0.25) is 23.5 Å². The van der Waals surface area contributed by atoms with Crippen LogP contribution in [0, 0.1) is 0 Å². The maximum Gasteiger partial charge on any atom is 0.337 e. The van der Waals surface area contributed by atoms with Crippen LogP contribution in [-0.4, -0.2) is 40.1 Å². The number of fused-ring (bicyclic) bond motifs is 1. The van der Waals surface area contributed by atoms with Crippen molar-refractivity contribution in [2.45, 2.75) is 52.2 Å². The molecule has 0 radical (unpaired) electrons. The number of hydrogen-bond acceptors (Lipinski definition) is 6. The molecule has 2 aromatic carbocycles. The fourth-order valence-corrected chi connectivity index (χ4v) is 3.82. The minimum Gasteiger partial charge on any atom is -0.465 e. The molecule has 10 nitrogen and oxygen atoms in total. The van der Waals surface area contributed by atoms with Crippen LogP contribution in [0.4, 0.5) is 5.69 Å². The average molecular weight is 495 g/mol. The molecule has 0 aliphatic rings. The van der Waals surface area contributed by atoms with Gasteiger partial charge < -0.3 is 15.4 Å². The Bertz CT molecular complexity index is 1370. The molecule has 0 unspecified atom stereocenters. The molecular formula is C26H30N4O6. The van der Waals surface area contributed by atoms with Crippen molar-refractivity contribution in [2.24, 2.45) is 0 Å². The lowest BCUT2D eigenvalue weighted by Crippen LogP contribution is -2.41. The summed E-state index contributed by atoms with van der Waals surface area (Å²) in [4.78, 5) is 62.4. The Kier molecular flexibility index (Phi) is 8.77. The highest BCUT2D eigenvalue weighted by atomic mass is 16.5. The van der Waals surface area contributed by atoms with Crippen LogP contribution in [0.5, 0.6) is 0 Å². The third-order valence-electron chi connectivity index (χ3n) is 5.51. The van der Waals surface area contributed by atoms with Gasteiger partial charge in [-0.25, -0.2) is 9.59 Å². The van der Waals surface area contributed by atoms with Crippen LogP contribution < -0.4 is 21.9 Å². The smallest absolute Gasteiger partial charge is 0.337 e. The van der Waals surface area contributed by atoms with Gasteiger partial charge in [0.2, 0.25) is 11.8 Å². The van der Waals surface area contributed by atoms with E-state index in [4.69, 9.17) is 0 Å². The summed E-state index contributed by atoms with van der Waals surface area (Å²) in [6.07, 6.45) is 1.27. The highest BCUT2D eigenvalue weighted by Gasteiger charge is 2.16. The Morgan fingerprint density at radius 3 is 2.28 bits per heavy atom. The van der Waals surface area contributed by atoms with E-state index in [0.29, 0.717) is 41.4 Å². The SMILES string of the molecule is COC(=O)c1ccc(NC(=O)Cn2c(=O)n(CCCCC(=O)NC(C)C)c(=O)c3ccccc32)cc1. The molecule has 190 valence electrons. The number of methoxy groups -OCH3 is 1. The van der Waals surface area contributed by atoms with Crippen LogP contribution >= 0.6 is 0 Å². The number of carbonyl (C=O) groups is 3. The highest BCUT2D eigenvalue weighted by molar-refractivity contribution is 5.93. The van der Waals surface area contributed by atoms with Gasteiger partial charge in [0, 0.05) is 24.7 Å². The predicted octanol–water partition coefficient (Wildman–Crippen LogP) is 2.28. The normalized spacial score (nSPS) is 10.9. The zero-order chi connectivity index (χ0) is 26.2. The molecule has 1 aromatic heterocycles. The largest absolute Gasteiger partial charge is 0.465 e. The monoisotopic (exact) mass is 494 g/mol. The first-order valence-electron chi connectivity index (χ1n) is 11.7. The van der Waals surface area contributed by atoms with Gasteiger partial charge in [0.1, 0.15) is 6.54 Å². The third-order valence-corrected chi connectivity index (χ3v) is 5.51. The Morgan fingerprint density at radius 1 is 0.917 bits per heavy atom. The summed E-state index contributed by atoms with van der Waals surface area (Å²) in [7, 11) is 1.28. The van der Waals surface area contributed by atoms with Crippen molar-refractivity contribution in [3.05, 3.63) is 74.9 Å². The number of ether oxygens (including phenoxy) is 1. The first-order chi connectivity index (χ1) is 17.2. The van der Waals surface area contributed by atoms with Crippen LogP contribution in [0.1, 0.15) is 43.5 Å². The van der Waals surface area contributed by atoms with Crippen molar-refractivity contribution in [3.8, 4) is 0 Å². The van der Waals surface area contributed by atoms with Crippen molar-refractivity contribution in [3.63, 3.8) is 0 Å². The highest BCUT2D eigenvalue weighted by Crippen LogP contribution is 2.12. The first kappa shape index (κ1) is 26.4. The standard InChI is InChI=1S/C26H30N4O6/c1-17(2)27-22(31)10-6-7-15-29-24(33)20-8-4-5-9-21(20)30(26(29)35)16-23(32)28-19-13-11-18(12-14-19)25(34)36-3/h4-5,8-9,11-14,17H,6-7,10,15-16H2,1-3H3,(H,27,31)(H,28,32). The number of unbranched alkanes of at least 4 members (excludes halogenated alkanes) is 1. The molecule has 0 aliphatic heterocycles. The quantitative estimate of drug-likeness (QED) is 0.329. The molecule has 0 atom stereocenters. The van der Waals surface area contributed by atoms with E-state index in [-0.39, 0.29) is 25.0 Å². The summed E-state index contributed by atoms with van der Waals surface area (Å²) in [5, 5.41) is 5.83. The Labute approximate surface area is 207 Å². The van der Waals surface area contributed by atoms with E-state index in [1.807, 2.05) is 13.8 Å². The minimum absolute atomic E-state index is 0.0461. The van der Waals surface area contributed by atoms with Gasteiger partial charge in [0.05, 0.1) is 23.6 Å². The summed E-state index contributed by atoms with van der Waals surface area (Å²) in [6.45, 7) is 3.58. The van der Waals surface area contributed by atoms with Crippen LogP contribution in [0.25, 0.3) is 10.9 Å². The van der Waals surface area contributed by atoms with E-state index < -0.39 is 23.1 Å². The fourth-order valence-electron chi connectivity index (χ4n) is 3.82. The van der Waals surface area contributed by atoms with Gasteiger partial charge in [0.15, 0.2) is 0 Å². The maximum absolute atomic E-state index is 13.2. The summed E-state index contributed by atoms with van der Waals surface area (Å²) in [5.41, 5.74) is 0.111. The molecule has 1 heterocycles. The van der Waals surface area contributed by atoms with E-state index in [2.05, 4.69) is 15.4 Å². The van der Waals surface area contributed by atoms with E-state index in [9.17, 15) is 24.0 Å². The van der Waals surface area contributed by atoms with E-state index in [1.54, 1.807) is 36.4 Å². The molecule has 36 heavy (non-hydrogen) atoms. The van der Waals surface area contributed by atoms with Gasteiger partial charge >= 0.3 is 11.7 Å². The molecule has 3 rings (SSSR count). The number of para-hydroxylation sites is 1. The van der Waals surface area contributed by atoms with E-state index in [0.717, 1.165) is 4.57 Å². The third kappa shape index (κ3) is 6.47. The van der Waals surface area contributed by atoms with Crippen LogP contribution in [0.15, 0.2) is 58.1 Å². The van der Waals surface area contributed by atoms with Crippen molar-refractivity contribution >= 4 is 34.4 Å². The molecule has 0 fully saturated rings. The summed E-state index contributed by atoms with van der Waals surface area (Å²) < 4.78 is 7.04. The van der Waals surface area contributed by atoms with Crippen LogP contribution in [-0.2, 0) is 27.4 Å². The second-order valence-electron chi connectivity index (χ2n) is 8.64. The molecule has 0 spiro atoms. The number of anilines is 1. The minimum atomic E-state index is -0.596. The van der Waals surface area contributed by atoms with Gasteiger partial charge in [-0.05, 0) is 63.1 Å². The van der Waals surface area contributed by atoms with Gasteiger partial charge in [0.25, 0.3) is 5.56 Å². The Balaban J connectivity index is 1.79. The zero-order valence-electron chi connectivity index (χ0n) is 20.6. The first-order valence-corrected chi connectivity index (χ1v) is 11.7. The number of benzene rings is 2. The number of esters is 1. The maximum atomic E-state index is 13.2. The second kappa shape index (κ2) is 12.0. The van der Waals surface area contributed by atoms with Gasteiger partial charge in [-0.1, -0.05) is 12.1 Å². The summed E-state index contributed by atoms with van der Waals surface area (Å²) in [6, 6.07) is 12.8. The van der Waals surface area contributed by atoms with Gasteiger partial charge in [-0.15, -0.1) is 0 Å². The van der Waals surface area contributed by atoms with Crippen molar-refractivity contribution in [2.75, 3.05) is 12.4 Å². The van der Waals surface area contributed by atoms with E-state index in [1.165, 1.54) is 23.8 Å². The Hall–Kier alpha value is -4.21. The second-order valence-corrected chi connectivity index (χ2v) is 8.64. The lowest BCUT2D eigenvalue weighted by atomic mass is 10.2. The molecule has 0 bridgehead atoms. The average Bonchev–Trinajstić information content (AvgIpc) is 2.85. The number of hydrogen-bond donors (Lipinski definition) is 2. The number of nitrogens with one attached hydrogen (secondary N) is 2. The molecule has 0 saturated carbocycles. The van der Waals surface area contributed by atoms with Crippen molar-refractivity contribution in [1.82, 2.24) is 14.5 Å². The molecule has 0 saturated heterocycles. The molecule has 2 amide bonds. The number of carbonyl (C=O) groups excluding carboxylic acids is 3. The van der Waals surface area contributed by atoms with Crippen molar-refractivity contribution < 1.29 is 19.1 Å². The molecule has 2 N–H and O–H groups in total. The number of rotatable bonds is 10. The van der Waals surface area contributed by atoms with E-state index >= 15 is 0 Å². The summed E-state index contributed by atoms with van der Waals surface area (Å²) in [5.74, 6) is -1.04. The number of aromatic nitrogens is 2. The lowest BCUT2D eigenvalue weighted by molar-refractivity contribution is -0.121. The molecular weight excluding hydrogens is 464 g/mol. The number of amides is 2. The summed E-state index contributed by atoms with van der Waals surface area (Å²) >= 11 is 0. The van der Waals surface area contributed by atoms with Crippen LogP contribution in [0.3, 0.4) is 0 Å². The zero-order valence-corrected chi connectivity index (χ0v) is 20.6. The van der Waals surface area contributed by atoms with Crippen molar-refractivity contribution in [1.29, 1.82) is 0 Å². The molecule has 3 aromatic rings. The molecule has 10 heteroatoms. The van der Waals surface area contributed by atoms with Crippen LogP contribution in [0.2, 0.25) is 0 Å². The fraction of sp³-hybridized carbons (Fsp3) is 0.346. The number of nitrogens with zero attached hydrogens (tertiary/aromatic N) is 2. The molecule has 0 aliphatic carbocycles. The lowest BCUT2D eigenvalue weighted by Gasteiger charge is -2.14. The topological polar surface area (TPSA) is 128 Å².